The maximum absolute atomic E-state index is 3.75. The Kier molecular flexibility index (Phi) is 0.602. The molecule has 1 rings (SSSR count). The van der Waals surface area contributed by atoms with Crippen LogP contribution in [0.4, 0.5) is 0 Å². The molecule has 1 heterocycles. The van der Waals surface area contributed by atoms with Crippen molar-refractivity contribution in [3.63, 3.8) is 0 Å². The molecule has 1 N–H and O–H groups in total. The molecule has 0 radical (unpaired) electrons. The van der Waals surface area contributed by atoms with Crippen LogP contribution in [-0.4, -0.2) is 15.2 Å². The van der Waals surface area contributed by atoms with Gasteiger partial charge in [-0.2, -0.15) is 5.10 Å². The van der Waals surface area contributed by atoms with Crippen molar-refractivity contribution < 1.29 is 0 Å². The number of aryl methyl sites for hydroxylation is 1. The Morgan fingerprint density at radius 3 is 2.83 bits per heavy atom. The van der Waals surface area contributed by atoms with Gasteiger partial charge in [0.15, 0.2) is 0 Å². The zero-order valence-electron chi connectivity index (χ0n) is 3.47. The zero-order valence-corrected chi connectivity index (χ0v) is 3.47. The highest BCUT2D eigenvalue weighted by Crippen LogP contribution is 1.73. The van der Waals surface area contributed by atoms with Gasteiger partial charge >= 0.3 is 0 Å². The fourth-order valence-electron chi connectivity index (χ4n) is 0.267. The minimum atomic E-state index is 0.856. The molecule has 0 aliphatic carbocycles. The monoisotopic (exact) mass is 87.1 g/mol. The molecule has 0 aliphatic rings. The average molecular weight is 87.1 g/mol. The molecule has 0 atom stereocenters. The molecule has 0 bridgehead atoms. The van der Waals surface area contributed by atoms with Crippen molar-refractivity contribution >= 4 is 0 Å². The molecule has 0 spiro atoms. The van der Waals surface area contributed by atoms with Crippen molar-refractivity contribution in [3.05, 3.63) is 12.2 Å². The average Bonchev–Trinajstić information content (AvgIpc) is 1.86. The van der Waals surface area contributed by atoms with Gasteiger partial charge in [-0.05, 0) is 6.92 Å². The van der Waals surface area contributed by atoms with Gasteiger partial charge in [-0.15, -0.1) is 0 Å². The van der Waals surface area contributed by atoms with Crippen molar-refractivity contribution in [3.8, 4) is 0 Å². The van der Waals surface area contributed by atoms with Gasteiger partial charge < -0.3 is 0 Å². The maximum Gasteiger partial charge on any atom is 0.137 e. The quantitative estimate of drug-likeness (QED) is 0.456. The van der Waals surface area contributed by atoms with Crippen molar-refractivity contribution in [2.24, 2.45) is 0 Å². The summed E-state index contributed by atoms with van der Waals surface area (Å²) in [6.07, 6.45) is 1.48. The van der Waals surface area contributed by atoms with Crippen LogP contribution < -0.4 is 0 Å². The number of nitrogens with one attached hydrogen (secondary N) is 1. The molecule has 32 valence electrons. The molecule has 0 unspecified atom stereocenters. The van der Waals surface area contributed by atoms with Crippen LogP contribution in [0.2, 0.25) is 0 Å². The van der Waals surface area contributed by atoms with Crippen molar-refractivity contribution in [2.45, 2.75) is 6.92 Å². The number of nitrogens with zero attached hydrogens (tertiary/aromatic N) is 2. The lowest BCUT2D eigenvalue weighted by Crippen LogP contribution is -1.68. The standard InChI is InChI=1S/C3H5N3/c1-3-4-2-5-6-3/h2H,1H3,(H,4,5,6)/i1+1,2+1,3+1,4+1. The van der Waals surface area contributed by atoms with E-state index in [1.807, 2.05) is 6.92 Å². The Morgan fingerprint density at radius 2 is 2.67 bits per heavy atom. The second kappa shape index (κ2) is 1.08. The number of aromatic amines is 1. The Bertz CT molecular complexity index is 110. The highest BCUT2D eigenvalue weighted by molar-refractivity contribution is 4.70. The van der Waals surface area contributed by atoms with E-state index in [0.717, 1.165) is 5.82 Å². The molecule has 6 heavy (non-hydrogen) atoms. The lowest BCUT2D eigenvalue weighted by atomic mass is 11.7. The third kappa shape index (κ3) is 0.381. The normalized spacial score (nSPS) is 8.83. The Hall–Kier alpha value is -0.860. The van der Waals surface area contributed by atoms with E-state index in [9.17, 15) is 0 Å². The zero-order chi connectivity index (χ0) is 4.41. The Morgan fingerprint density at radius 1 is 1.83 bits per heavy atom. The molecular formula is C3H5N3. The van der Waals surface area contributed by atoms with E-state index in [0.29, 0.717) is 0 Å². The largest absolute Gasteiger partial charge is 0.264 e. The van der Waals surface area contributed by atoms with Crippen LogP contribution in [0.25, 0.3) is 0 Å². The topological polar surface area (TPSA) is 41.6 Å². The summed E-state index contributed by atoms with van der Waals surface area (Å²) in [5.74, 6) is 0.856. The molecule has 0 aromatic carbocycles. The van der Waals surface area contributed by atoms with Gasteiger partial charge in [-0.25, -0.2) is 4.98 Å². The highest BCUT2D eigenvalue weighted by atomic mass is 15.7. The van der Waals surface area contributed by atoms with Crippen LogP contribution in [0.1, 0.15) is 5.82 Å². The molecule has 3 nitrogen and oxygen atoms in total. The predicted octanol–water partition coefficient (Wildman–Crippen LogP) is 0.113. The summed E-state index contributed by atoms with van der Waals surface area (Å²) in [6, 6.07) is 0. The number of rotatable bonds is 0. The van der Waals surface area contributed by atoms with E-state index in [4.69, 9.17) is 0 Å². The van der Waals surface area contributed by atoms with Crippen LogP contribution in [0.5, 0.6) is 0 Å². The second-order valence-corrected chi connectivity index (χ2v) is 1.07. The third-order valence-corrected chi connectivity index (χ3v) is 0.535. The van der Waals surface area contributed by atoms with Gasteiger partial charge in [-0.3, -0.25) is 5.10 Å². The van der Waals surface area contributed by atoms with E-state index in [-0.39, 0.29) is 0 Å². The second-order valence-electron chi connectivity index (χ2n) is 1.07. The minimum Gasteiger partial charge on any atom is -0.264 e. The van der Waals surface area contributed by atoms with Crippen molar-refractivity contribution in [2.75, 3.05) is 0 Å². The van der Waals surface area contributed by atoms with Gasteiger partial charge in [0.1, 0.15) is 12.2 Å². The lowest BCUT2D eigenvalue weighted by Gasteiger charge is -1.66. The molecule has 3 heteroatoms. The van der Waals surface area contributed by atoms with Crippen molar-refractivity contribution in [1.29, 1.82) is 0 Å². The third-order valence-electron chi connectivity index (χ3n) is 0.535. The molecule has 1 aromatic rings. The first-order valence-electron chi connectivity index (χ1n) is 1.71. The van der Waals surface area contributed by atoms with Gasteiger partial charge in [0, 0.05) is 0 Å². The molecule has 0 aliphatic heterocycles. The summed E-state index contributed by atoms with van der Waals surface area (Å²) in [5.41, 5.74) is 0. The van der Waals surface area contributed by atoms with E-state index in [1.54, 1.807) is 0 Å². The number of H-pyrrole nitrogens is 1. The summed E-state index contributed by atoms with van der Waals surface area (Å²) < 4.78 is 0. The van der Waals surface area contributed by atoms with E-state index in [2.05, 4.69) is 15.2 Å². The minimum absolute atomic E-state index is 0.856. The predicted molar refractivity (Wildman–Crippen MR) is 21.1 cm³/mol. The van der Waals surface area contributed by atoms with Crippen molar-refractivity contribution in [1.82, 2.24) is 15.2 Å². The van der Waals surface area contributed by atoms with Crippen LogP contribution in [0.3, 0.4) is 0 Å². The Labute approximate surface area is 35.4 Å². The number of hydrogen-bond acceptors (Lipinski definition) is 2. The van der Waals surface area contributed by atoms with E-state index in [1.165, 1.54) is 6.33 Å². The first-order valence-corrected chi connectivity index (χ1v) is 1.71. The summed E-state index contributed by atoms with van der Waals surface area (Å²) >= 11 is 0. The van der Waals surface area contributed by atoms with Gasteiger partial charge in [-0.1, -0.05) is 0 Å². The first kappa shape index (κ1) is 3.33. The fourth-order valence-corrected chi connectivity index (χ4v) is 0.267. The SMILES string of the molecule is [13CH3][13c]1[nH]n[13cH][15n]1. The highest BCUT2D eigenvalue weighted by Gasteiger charge is 1.75. The molecular weight excluding hydrogens is 82.0 g/mol. The van der Waals surface area contributed by atoms with Gasteiger partial charge in [0.25, 0.3) is 0 Å². The van der Waals surface area contributed by atoms with Gasteiger partial charge in [0.05, 0.1) is 0 Å². The van der Waals surface area contributed by atoms with Crippen LogP contribution in [0.15, 0.2) is 6.33 Å². The van der Waals surface area contributed by atoms with E-state index < -0.39 is 0 Å². The molecule has 0 saturated carbocycles. The molecule has 1 aromatic heterocycles. The van der Waals surface area contributed by atoms with Crippen LogP contribution >= 0.6 is 0 Å². The smallest absolute Gasteiger partial charge is 0.137 e. The van der Waals surface area contributed by atoms with Crippen LogP contribution in [-0.2, 0) is 0 Å². The fraction of sp³-hybridized carbons (Fsp3) is 0.333. The summed E-state index contributed by atoms with van der Waals surface area (Å²) in [5, 5.41) is 6.22. The molecule has 0 amide bonds. The van der Waals surface area contributed by atoms with E-state index >= 15 is 0 Å². The number of aromatic nitrogens is 3. The first-order chi connectivity index (χ1) is 2.89. The Balaban J connectivity index is 3.05. The summed E-state index contributed by atoms with van der Waals surface area (Å²) in [4.78, 5) is 3.75. The van der Waals surface area contributed by atoms with Gasteiger partial charge in [0.2, 0.25) is 0 Å². The number of hydrogen-bond donors (Lipinski definition) is 1. The maximum atomic E-state index is 3.75. The molecule has 0 saturated heterocycles. The summed E-state index contributed by atoms with van der Waals surface area (Å²) in [7, 11) is 0. The molecule has 0 fully saturated rings. The lowest BCUT2D eigenvalue weighted by molar-refractivity contribution is 1.04. The summed E-state index contributed by atoms with van der Waals surface area (Å²) in [6.45, 7) is 1.85. The van der Waals surface area contributed by atoms with Crippen LogP contribution in [0, 0.1) is 6.92 Å².